The average molecular weight is 623 g/mol. The van der Waals surface area contributed by atoms with Crippen LogP contribution >= 0.6 is 0 Å². The molecule has 2 bridgehead atoms. The molecule has 1 saturated heterocycles. The Morgan fingerprint density at radius 3 is 2.33 bits per heavy atom. The van der Waals surface area contributed by atoms with Crippen LogP contribution < -0.4 is 0 Å². The fourth-order valence-electron chi connectivity index (χ4n) is 7.85. The molecule has 0 aromatic heterocycles. The molecule has 7 unspecified atom stereocenters. The largest absolute Gasteiger partial charge is 0.459 e. The highest BCUT2D eigenvalue weighted by Gasteiger charge is 2.70. The fraction of sp³-hybridized carbons (Fsp3) is 0.852. The second-order valence-electron chi connectivity index (χ2n) is 12.2. The van der Waals surface area contributed by atoms with E-state index in [1.807, 2.05) is 0 Å². The molecule has 4 aliphatic carbocycles. The van der Waals surface area contributed by atoms with Crippen molar-refractivity contribution in [2.75, 3.05) is 13.2 Å². The highest BCUT2D eigenvalue weighted by molar-refractivity contribution is 7.86. The second-order valence-corrected chi connectivity index (χ2v) is 13.7. The number of carbonyl (C=O) groups is 4. The number of hydrogen-bond acceptors (Lipinski definition) is 11. The Morgan fingerprint density at radius 2 is 1.69 bits per heavy atom. The Morgan fingerprint density at radius 1 is 1.05 bits per heavy atom. The van der Waals surface area contributed by atoms with Crippen molar-refractivity contribution in [1.82, 2.24) is 0 Å². The van der Waals surface area contributed by atoms with E-state index in [4.69, 9.17) is 23.5 Å². The van der Waals surface area contributed by atoms with Crippen molar-refractivity contribution in [3.63, 3.8) is 0 Å². The van der Waals surface area contributed by atoms with Gasteiger partial charge in [0.05, 0.1) is 11.8 Å². The zero-order chi connectivity index (χ0) is 30.4. The van der Waals surface area contributed by atoms with Gasteiger partial charge in [-0.1, -0.05) is 19.3 Å². The lowest BCUT2D eigenvalue weighted by atomic mass is 9.74. The second kappa shape index (κ2) is 11.6. The quantitative estimate of drug-likeness (QED) is 0.203. The molecule has 1 N–H and O–H groups in total. The summed E-state index contributed by atoms with van der Waals surface area (Å²) in [6, 6.07) is 0. The summed E-state index contributed by atoms with van der Waals surface area (Å²) in [4.78, 5) is 50.9. The molecule has 12 nitrogen and oxygen atoms in total. The lowest BCUT2D eigenvalue weighted by molar-refractivity contribution is -0.185. The molecule has 42 heavy (non-hydrogen) atoms. The molecule has 1 aliphatic heterocycles. The SMILES string of the molecule is CC(OC(=O)COCC(=O)OC1C2CC3C1OC(=O)C3C2C(=O)OC1(C2CCCC2)CCCCC1)C(F)(F)S(=O)(=O)O. The van der Waals surface area contributed by atoms with E-state index >= 15 is 0 Å². The molecule has 0 aromatic rings. The number of carbonyl (C=O) groups excluding carboxylic acids is 4. The van der Waals surface area contributed by atoms with E-state index in [1.54, 1.807) is 0 Å². The van der Waals surface area contributed by atoms with Crippen LogP contribution in [0.3, 0.4) is 0 Å². The Labute approximate surface area is 241 Å². The van der Waals surface area contributed by atoms with E-state index in [0.29, 0.717) is 19.3 Å². The standard InChI is InChI=1S/C27H36F2O12S/c1-14(27(28,29)42(34,35)36)38-18(30)12-37-13-19(31)39-22-17-11-16-20(24(32)40-23(16)22)21(17)25(33)41-26(9-5-2-6-10-26)15-7-3-4-8-15/h14-17,20-23H,2-13H2,1H3,(H,34,35,36). The minimum atomic E-state index is -5.83. The first-order valence-corrected chi connectivity index (χ1v) is 15.9. The van der Waals surface area contributed by atoms with E-state index in [1.165, 1.54) is 0 Å². The third kappa shape index (κ3) is 5.63. The van der Waals surface area contributed by atoms with Crippen LogP contribution in [0.5, 0.6) is 0 Å². The molecule has 1 heterocycles. The fourth-order valence-corrected chi connectivity index (χ4v) is 8.31. The number of hydrogen-bond donors (Lipinski definition) is 1. The molecular weight excluding hydrogens is 586 g/mol. The minimum absolute atomic E-state index is 0.295. The van der Waals surface area contributed by atoms with Crippen LogP contribution in [-0.4, -0.2) is 79.2 Å². The van der Waals surface area contributed by atoms with Gasteiger partial charge in [0.15, 0.2) is 6.10 Å². The van der Waals surface area contributed by atoms with Crippen molar-refractivity contribution in [3.05, 3.63) is 0 Å². The minimum Gasteiger partial charge on any atom is -0.459 e. The molecule has 0 spiro atoms. The van der Waals surface area contributed by atoms with Gasteiger partial charge >= 0.3 is 39.2 Å². The van der Waals surface area contributed by atoms with Crippen LogP contribution in [0, 0.1) is 29.6 Å². The number of fused-ring (bicyclic) bond motifs is 1. The van der Waals surface area contributed by atoms with Gasteiger partial charge in [0.1, 0.15) is 31.0 Å². The van der Waals surface area contributed by atoms with Gasteiger partial charge in [-0.3, -0.25) is 14.1 Å². The number of halogens is 2. The third-order valence-corrected chi connectivity index (χ3v) is 10.8. The number of esters is 4. The monoisotopic (exact) mass is 622 g/mol. The summed E-state index contributed by atoms with van der Waals surface area (Å²) in [6.45, 7) is -1.22. The molecule has 15 heteroatoms. The highest BCUT2D eigenvalue weighted by atomic mass is 32.2. The summed E-state index contributed by atoms with van der Waals surface area (Å²) in [5.74, 6) is -5.27. The zero-order valence-corrected chi connectivity index (χ0v) is 24.0. The van der Waals surface area contributed by atoms with Crippen LogP contribution in [0.25, 0.3) is 0 Å². The molecule has 7 atom stereocenters. The molecular formula is C27H36F2O12S. The maximum Gasteiger partial charge on any atom is 0.405 e. The van der Waals surface area contributed by atoms with Crippen LogP contribution in [0.15, 0.2) is 0 Å². The maximum absolute atomic E-state index is 13.7. The van der Waals surface area contributed by atoms with E-state index in [9.17, 15) is 36.4 Å². The molecule has 236 valence electrons. The van der Waals surface area contributed by atoms with Crippen LogP contribution in [-0.2, 0) is 53.0 Å². The van der Waals surface area contributed by atoms with Gasteiger partial charge in [-0.25, -0.2) is 9.59 Å². The molecule has 0 amide bonds. The summed E-state index contributed by atoms with van der Waals surface area (Å²) in [5.41, 5.74) is -0.535. The summed E-state index contributed by atoms with van der Waals surface area (Å²) in [5, 5.41) is -4.74. The molecule has 4 saturated carbocycles. The van der Waals surface area contributed by atoms with Crippen molar-refractivity contribution in [3.8, 4) is 0 Å². The number of rotatable bonds is 11. The Balaban J connectivity index is 1.17. The summed E-state index contributed by atoms with van der Waals surface area (Å²) >= 11 is 0. The van der Waals surface area contributed by atoms with Gasteiger partial charge in [-0.15, -0.1) is 0 Å². The molecule has 5 rings (SSSR count). The van der Waals surface area contributed by atoms with Gasteiger partial charge in [0.2, 0.25) is 0 Å². The van der Waals surface area contributed by atoms with Crippen molar-refractivity contribution < 1.29 is 64.6 Å². The van der Waals surface area contributed by atoms with Crippen LogP contribution in [0.4, 0.5) is 8.78 Å². The Bertz CT molecular complexity index is 1190. The molecule has 0 radical (unpaired) electrons. The van der Waals surface area contributed by atoms with Crippen LogP contribution in [0.1, 0.15) is 71.1 Å². The Kier molecular flexibility index (Phi) is 8.58. The third-order valence-electron chi connectivity index (χ3n) is 9.75. The van der Waals surface area contributed by atoms with Crippen molar-refractivity contribution in [1.29, 1.82) is 0 Å². The lowest BCUT2D eigenvalue weighted by Crippen LogP contribution is -2.49. The van der Waals surface area contributed by atoms with Gasteiger partial charge in [-0.2, -0.15) is 17.2 Å². The molecule has 5 fully saturated rings. The normalized spacial score (nSPS) is 32.8. The number of ether oxygens (including phenoxy) is 5. The van der Waals surface area contributed by atoms with E-state index < -0.39 is 94.1 Å². The Hall–Kier alpha value is -2.39. The van der Waals surface area contributed by atoms with Crippen molar-refractivity contribution >= 4 is 34.0 Å². The summed E-state index contributed by atoms with van der Waals surface area (Å²) in [6.07, 6.45) is 5.14. The molecule has 0 aromatic carbocycles. The maximum atomic E-state index is 13.7. The zero-order valence-electron chi connectivity index (χ0n) is 23.2. The average Bonchev–Trinajstić information content (AvgIpc) is 3.68. The predicted molar refractivity (Wildman–Crippen MR) is 135 cm³/mol. The highest BCUT2D eigenvalue weighted by Crippen LogP contribution is 2.59. The van der Waals surface area contributed by atoms with E-state index in [2.05, 4.69) is 4.74 Å². The van der Waals surface area contributed by atoms with Gasteiger partial charge in [0, 0.05) is 11.8 Å². The van der Waals surface area contributed by atoms with Gasteiger partial charge in [0.25, 0.3) is 0 Å². The van der Waals surface area contributed by atoms with Gasteiger partial charge in [-0.05, 0) is 57.8 Å². The van der Waals surface area contributed by atoms with Crippen molar-refractivity contribution in [2.24, 2.45) is 29.6 Å². The topological polar surface area (TPSA) is 169 Å². The molecule has 5 aliphatic rings. The first kappa shape index (κ1) is 31.0. The smallest absolute Gasteiger partial charge is 0.405 e. The van der Waals surface area contributed by atoms with Crippen molar-refractivity contribution in [2.45, 2.75) is 100 Å². The lowest BCUT2D eigenvalue weighted by Gasteiger charge is -2.43. The predicted octanol–water partition coefficient (Wildman–Crippen LogP) is 2.57. The van der Waals surface area contributed by atoms with E-state index in [0.717, 1.165) is 57.8 Å². The van der Waals surface area contributed by atoms with E-state index in [-0.39, 0.29) is 5.92 Å². The first-order valence-electron chi connectivity index (χ1n) is 14.5. The van der Waals surface area contributed by atoms with Crippen LogP contribution in [0.2, 0.25) is 0 Å². The first-order chi connectivity index (χ1) is 19.7. The van der Waals surface area contributed by atoms with Gasteiger partial charge < -0.3 is 23.7 Å². The summed E-state index contributed by atoms with van der Waals surface area (Å²) in [7, 11) is -5.83. The summed E-state index contributed by atoms with van der Waals surface area (Å²) < 4.78 is 83.8. The number of alkyl halides is 2.